The Bertz CT molecular complexity index is 2560. The van der Waals surface area contributed by atoms with Gasteiger partial charge in [0, 0.05) is 32.8 Å². The summed E-state index contributed by atoms with van der Waals surface area (Å²) in [4.78, 5) is 0. The van der Waals surface area contributed by atoms with Crippen LogP contribution >= 0.6 is 0 Å². The average Bonchev–Trinajstić information content (AvgIpc) is 3.64. The van der Waals surface area contributed by atoms with Crippen LogP contribution in [0.3, 0.4) is 0 Å². The zero-order valence-electron chi connectivity index (χ0n) is 24.9. The van der Waals surface area contributed by atoms with Crippen molar-refractivity contribution in [2.45, 2.75) is 0 Å². The summed E-state index contributed by atoms with van der Waals surface area (Å²) in [6, 6.07) is 60.2. The van der Waals surface area contributed by atoms with E-state index in [1.807, 2.05) is 18.2 Å². The molecule has 0 fully saturated rings. The fourth-order valence-corrected chi connectivity index (χ4v) is 7.21. The smallest absolute Gasteiger partial charge is 0.0991 e. The molecule has 214 valence electrons. The van der Waals surface area contributed by atoms with Crippen LogP contribution in [-0.4, -0.2) is 9.13 Å². The van der Waals surface area contributed by atoms with Gasteiger partial charge >= 0.3 is 0 Å². The number of rotatable bonds is 4. The average molecular weight is 586 g/mol. The van der Waals surface area contributed by atoms with E-state index in [4.69, 9.17) is 0 Å². The molecule has 9 rings (SSSR count). The Labute approximate surface area is 266 Å². The largest absolute Gasteiger partial charge is 0.309 e. The molecule has 0 radical (unpaired) electrons. The van der Waals surface area contributed by atoms with Crippen LogP contribution in [0.2, 0.25) is 0 Å². The molecule has 7 aromatic carbocycles. The molecule has 9 aromatic rings. The number of fused-ring (bicyclic) bond motifs is 6. The zero-order valence-corrected chi connectivity index (χ0v) is 24.9. The molecular formula is C43H27N3. The predicted octanol–water partition coefficient (Wildman–Crippen LogP) is 11.1. The van der Waals surface area contributed by atoms with Crippen LogP contribution in [0.5, 0.6) is 0 Å². The van der Waals surface area contributed by atoms with E-state index >= 15 is 0 Å². The van der Waals surface area contributed by atoms with Gasteiger partial charge < -0.3 is 9.13 Å². The van der Waals surface area contributed by atoms with Gasteiger partial charge in [0.05, 0.1) is 39.4 Å². The quantitative estimate of drug-likeness (QED) is 0.202. The second-order valence-corrected chi connectivity index (χ2v) is 11.7. The van der Waals surface area contributed by atoms with Gasteiger partial charge in [-0.3, -0.25) is 0 Å². The van der Waals surface area contributed by atoms with Crippen molar-refractivity contribution in [3.8, 4) is 39.7 Å². The van der Waals surface area contributed by atoms with E-state index in [-0.39, 0.29) is 0 Å². The van der Waals surface area contributed by atoms with Crippen LogP contribution in [0.4, 0.5) is 0 Å². The van der Waals surface area contributed by atoms with Crippen molar-refractivity contribution in [2.24, 2.45) is 0 Å². The molecule has 0 saturated carbocycles. The molecule has 3 nitrogen and oxygen atoms in total. The summed E-state index contributed by atoms with van der Waals surface area (Å²) < 4.78 is 4.74. The Kier molecular flexibility index (Phi) is 5.88. The molecule has 0 N–H and O–H groups in total. The summed E-state index contributed by atoms with van der Waals surface area (Å²) in [5.74, 6) is 0. The summed E-state index contributed by atoms with van der Waals surface area (Å²) in [6.07, 6.45) is 0. The molecule has 46 heavy (non-hydrogen) atoms. The lowest BCUT2D eigenvalue weighted by Crippen LogP contribution is -2.00. The van der Waals surface area contributed by atoms with Crippen LogP contribution < -0.4 is 0 Å². The lowest BCUT2D eigenvalue weighted by Gasteiger charge is -2.19. The van der Waals surface area contributed by atoms with Crippen molar-refractivity contribution < 1.29 is 0 Å². The maximum atomic E-state index is 9.89. The first-order chi connectivity index (χ1) is 22.8. The highest BCUT2D eigenvalue weighted by atomic mass is 15.0. The van der Waals surface area contributed by atoms with E-state index in [2.05, 4.69) is 161 Å². The summed E-state index contributed by atoms with van der Waals surface area (Å²) in [7, 11) is 0. The van der Waals surface area contributed by atoms with Crippen molar-refractivity contribution in [1.29, 1.82) is 5.26 Å². The van der Waals surface area contributed by atoms with Gasteiger partial charge in [-0.25, -0.2) is 0 Å². The normalized spacial score (nSPS) is 11.5. The Balaban J connectivity index is 1.35. The van der Waals surface area contributed by atoms with Crippen LogP contribution in [0.15, 0.2) is 164 Å². The molecule has 0 bridgehead atoms. The predicted molar refractivity (Wildman–Crippen MR) is 191 cm³/mol. The van der Waals surface area contributed by atoms with E-state index in [1.165, 1.54) is 32.6 Å². The second kappa shape index (κ2) is 10.4. The second-order valence-electron chi connectivity index (χ2n) is 11.7. The molecular weight excluding hydrogens is 558 g/mol. The van der Waals surface area contributed by atoms with E-state index in [0.717, 1.165) is 44.7 Å². The van der Waals surface area contributed by atoms with Crippen molar-refractivity contribution in [3.63, 3.8) is 0 Å². The van der Waals surface area contributed by atoms with Gasteiger partial charge in [0.1, 0.15) is 0 Å². The van der Waals surface area contributed by atoms with Gasteiger partial charge in [-0.2, -0.15) is 5.26 Å². The van der Waals surface area contributed by atoms with E-state index in [0.29, 0.717) is 5.56 Å². The highest BCUT2D eigenvalue weighted by molar-refractivity contribution is 6.11. The highest BCUT2D eigenvalue weighted by Gasteiger charge is 2.20. The number of hydrogen-bond acceptors (Lipinski definition) is 1. The fourth-order valence-electron chi connectivity index (χ4n) is 7.21. The Hall–Kier alpha value is -6.37. The van der Waals surface area contributed by atoms with Gasteiger partial charge in [-0.05, 0) is 71.3 Å². The van der Waals surface area contributed by atoms with Crippen molar-refractivity contribution in [3.05, 3.63) is 169 Å². The number of benzene rings is 7. The first-order valence-electron chi connectivity index (χ1n) is 15.5. The zero-order chi connectivity index (χ0) is 30.6. The lowest BCUT2D eigenvalue weighted by atomic mass is 9.91. The van der Waals surface area contributed by atoms with Gasteiger partial charge in [-0.15, -0.1) is 0 Å². The van der Waals surface area contributed by atoms with E-state index in [1.54, 1.807) is 0 Å². The molecule has 0 amide bonds. The Morgan fingerprint density at radius 3 is 1.50 bits per heavy atom. The third-order valence-electron chi connectivity index (χ3n) is 9.14. The summed E-state index contributed by atoms with van der Waals surface area (Å²) in [6.45, 7) is 0. The summed E-state index contributed by atoms with van der Waals surface area (Å²) in [5, 5.41) is 14.8. The van der Waals surface area contributed by atoms with Crippen molar-refractivity contribution in [2.75, 3.05) is 0 Å². The minimum atomic E-state index is 0.638. The van der Waals surface area contributed by atoms with Gasteiger partial charge in [0.15, 0.2) is 0 Å². The molecule has 0 aliphatic heterocycles. The highest BCUT2D eigenvalue weighted by Crippen LogP contribution is 2.42. The number of hydrogen-bond donors (Lipinski definition) is 0. The number of nitrogens with zero attached hydrogens (tertiary/aromatic N) is 3. The van der Waals surface area contributed by atoms with Crippen molar-refractivity contribution in [1.82, 2.24) is 9.13 Å². The monoisotopic (exact) mass is 585 g/mol. The Morgan fingerprint density at radius 2 is 0.913 bits per heavy atom. The fraction of sp³-hybridized carbons (Fsp3) is 0. The van der Waals surface area contributed by atoms with Gasteiger partial charge in [0.25, 0.3) is 0 Å². The maximum absolute atomic E-state index is 9.89. The first kappa shape index (κ1) is 26.1. The number of nitriles is 1. The molecule has 0 atom stereocenters. The van der Waals surface area contributed by atoms with Gasteiger partial charge in [-0.1, -0.05) is 109 Å². The lowest BCUT2D eigenvalue weighted by molar-refractivity contribution is 1.17. The summed E-state index contributed by atoms with van der Waals surface area (Å²) >= 11 is 0. The molecule has 3 heteroatoms. The molecule has 0 aliphatic carbocycles. The third-order valence-corrected chi connectivity index (χ3v) is 9.14. The molecule has 0 unspecified atom stereocenters. The van der Waals surface area contributed by atoms with E-state index < -0.39 is 0 Å². The first-order valence-corrected chi connectivity index (χ1v) is 15.5. The van der Waals surface area contributed by atoms with E-state index in [9.17, 15) is 5.26 Å². The van der Waals surface area contributed by atoms with Crippen LogP contribution in [0.25, 0.3) is 77.2 Å². The number of para-hydroxylation sites is 4. The van der Waals surface area contributed by atoms with Crippen molar-refractivity contribution >= 4 is 43.6 Å². The van der Waals surface area contributed by atoms with Crippen LogP contribution in [-0.2, 0) is 0 Å². The molecule has 0 spiro atoms. The third kappa shape index (κ3) is 3.91. The molecule has 2 heterocycles. The van der Waals surface area contributed by atoms with Crippen LogP contribution in [0, 0.1) is 11.3 Å². The molecule has 2 aromatic heterocycles. The minimum Gasteiger partial charge on any atom is -0.309 e. The number of aromatic nitrogens is 2. The SMILES string of the molecule is N#Cc1cccc(-c2c(-c3cccc(-n4c5ccccc5c5ccccc54)c3)cccc2-n2c3ccccc3c3ccccc32)c1. The molecule has 0 aliphatic rings. The minimum absolute atomic E-state index is 0.638. The topological polar surface area (TPSA) is 33.6 Å². The maximum Gasteiger partial charge on any atom is 0.0991 e. The molecule has 0 saturated heterocycles. The summed E-state index contributed by atoms with van der Waals surface area (Å²) in [5.41, 5.74) is 11.8. The van der Waals surface area contributed by atoms with Gasteiger partial charge in [0.2, 0.25) is 0 Å². The standard InChI is InChI=1S/C43H27N3/c44-28-29-12-9-14-31(26-29)43-33(20-11-25-42(43)46-40-23-7-3-18-36(40)37-19-4-8-24-41(37)46)30-13-10-15-32(27-30)45-38-21-5-1-16-34(38)35-17-2-6-22-39(35)45/h1-27H. The Morgan fingerprint density at radius 1 is 0.413 bits per heavy atom. The van der Waals surface area contributed by atoms with Crippen LogP contribution in [0.1, 0.15) is 5.56 Å².